The highest BCUT2D eigenvalue weighted by molar-refractivity contribution is 6.04. The number of nitrogens with one attached hydrogen (secondary N) is 2. The van der Waals surface area contributed by atoms with Crippen molar-refractivity contribution in [2.24, 2.45) is 0 Å². The van der Waals surface area contributed by atoms with Gasteiger partial charge in [-0.2, -0.15) is 0 Å². The van der Waals surface area contributed by atoms with Crippen LogP contribution in [0.1, 0.15) is 27.6 Å². The number of hydrogen-bond donors (Lipinski definition) is 2. The minimum absolute atomic E-state index is 0.0532. The first-order valence-electron chi connectivity index (χ1n) is 7.58. The number of nitrogens with zero attached hydrogens (tertiary/aromatic N) is 3. The Bertz CT molecular complexity index is 713. The van der Waals surface area contributed by atoms with Gasteiger partial charge < -0.3 is 15.5 Å². The molecule has 0 atom stereocenters. The second-order valence-electron chi connectivity index (χ2n) is 5.62. The van der Waals surface area contributed by atoms with Crippen LogP contribution in [0.4, 0.5) is 11.6 Å². The summed E-state index contributed by atoms with van der Waals surface area (Å²) in [4.78, 5) is 33.9. The maximum atomic E-state index is 12.2. The van der Waals surface area contributed by atoms with Crippen LogP contribution >= 0.6 is 0 Å². The van der Waals surface area contributed by atoms with E-state index in [4.69, 9.17) is 0 Å². The summed E-state index contributed by atoms with van der Waals surface area (Å²) < 4.78 is 0. The predicted molar refractivity (Wildman–Crippen MR) is 93.5 cm³/mol. The fourth-order valence-electron chi connectivity index (χ4n) is 1.95. The lowest BCUT2D eigenvalue weighted by Gasteiger charge is -2.10. The summed E-state index contributed by atoms with van der Waals surface area (Å²) in [6.45, 7) is 3.06. The molecule has 24 heavy (non-hydrogen) atoms. The van der Waals surface area contributed by atoms with Crippen molar-refractivity contribution in [2.75, 3.05) is 37.8 Å². The van der Waals surface area contributed by atoms with Gasteiger partial charge in [0.1, 0.15) is 0 Å². The molecule has 0 radical (unpaired) electrons. The van der Waals surface area contributed by atoms with E-state index in [2.05, 4.69) is 20.6 Å². The molecule has 0 bridgehead atoms. The van der Waals surface area contributed by atoms with E-state index in [9.17, 15) is 9.59 Å². The van der Waals surface area contributed by atoms with Crippen LogP contribution in [0, 0.1) is 0 Å². The van der Waals surface area contributed by atoms with Gasteiger partial charge in [0.15, 0.2) is 5.78 Å². The number of anilines is 2. The number of carbonyl (C=O) groups is 2. The summed E-state index contributed by atoms with van der Waals surface area (Å²) in [5.41, 5.74) is 1.45. The number of carbonyl (C=O) groups excluding carboxylic acids is 2. The molecule has 0 aliphatic heterocycles. The van der Waals surface area contributed by atoms with E-state index in [1.54, 1.807) is 24.3 Å². The molecular formula is C17H21N5O2. The Kier molecular flexibility index (Phi) is 5.97. The number of ketones is 1. The molecule has 7 nitrogen and oxygen atoms in total. The van der Waals surface area contributed by atoms with Crippen molar-refractivity contribution in [2.45, 2.75) is 6.92 Å². The SMILES string of the molecule is CC(=O)c1cccc(NC(=O)c2cnc(NCCN(C)C)nc2)c1. The molecule has 0 saturated carbocycles. The summed E-state index contributed by atoms with van der Waals surface area (Å²) >= 11 is 0. The minimum Gasteiger partial charge on any atom is -0.353 e. The Morgan fingerprint density at radius 3 is 2.46 bits per heavy atom. The molecule has 0 unspecified atom stereocenters. The van der Waals surface area contributed by atoms with Gasteiger partial charge in [-0.25, -0.2) is 9.97 Å². The Balaban J connectivity index is 1.97. The van der Waals surface area contributed by atoms with Gasteiger partial charge in [-0.15, -0.1) is 0 Å². The lowest BCUT2D eigenvalue weighted by atomic mass is 10.1. The van der Waals surface area contributed by atoms with Gasteiger partial charge in [0.25, 0.3) is 5.91 Å². The average Bonchev–Trinajstić information content (AvgIpc) is 2.55. The maximum absolute atomic E-state index is 12.2. The van der Waals surface area contributed by atoms with Crippen molar-refractivity contribution in [3.8, 4) is 0 Å². The number of aromatic nitrogens is 2. The first-order valence-corrected chi connectivity index (χ1v) is 7.58. The van der Waals surface area contributed by atoms with Crippen LogP contribution in [0.25, 0.3) is 0 Å². The monoisotopic (exact) mass is 327 g/mol. The minimum atomic E-state index is -0.324. The fourth-order valence-corrected chi connectivity index (χ4v) is 1.95. The van der Waals surface area contributed by atoms with Crippen molar-refractivity contribution in [1.29, 1.82) is 0 Å². The molecule has 0 aliphatic carbocycles. The summed E-state index contributed by atoms with van der Waals surface area (Å²) in [5, 5.41) is 5.81. The summed E-state index contributed by atoms with van der Waals surface area (Å²) in [6, 6.07) is 6.79. The number of benzene rings is 1. The van der Waals surface area contributed by atoms with E-state index in [1.165, 1.54) is 19.3 Å². The van der Waals surface area contributed by atoms with E-state index >= 15 is 0 Å². The molecule has 0 saturated heterocycles. The van der Waals surface area contributed by atoms with Gasteiger partial charge >= 0.3 is 0 Å². The first kappa shape index (κ1) is 17.6. The Morgan fingerprint density at radius 2 is 1.83 bits per heavy atom. The van der Waals surface area contributed by atoms with Crippen molar-refractivity contribution in [1.82, 2.24) is 14.9 Å². The third-order valence-corrected chi connectivity index (χ3v) is 3.28. The zero-order valence-corrected chi connectivity index (χ0v) is 14.0. The van der Waals surface area contributed by atoms with Gasteiger partial charge in [0, 0.05) is 36.7 Å². The quantitative estimate of drug-likeness (QED) is 0.755. The maximum Gasteiger partial charge on any atom is 0.258 e. The van der Waals surface area contributed by atoms with Crippen LogP contribution in [0.15, 0.2) is 36.7 Å². The molecule has 2 rings (SSSR count). The van der Waals surface area contributed by atoms with E-state index in [0.717, 1.165) is 13.1 Å². The van der Waals surface area contributed by atoms with E-state index in [-0.39, 0.29) is 11.7 Å². The molecule has 7 heteroatoms. The van der Waals surface area contributed by atoms with Crippen molar-refractivity contribution < 1.29 is 9.59 Å². The second kappa shape index (κ2) is 8.16. The van der Waals surface area contributed by atoms with Gasteiger partial charge in [-0.3, -0.25) is 9.59 Å². The predicted octanol–water partition coefficient (Wildman–Crippen LogP) is 1.90. The molecule has 1 heterocycles. The van der Waals surface area contributed by atoms with E-state index < -0.39 is 0 Å². The van der Waals surface area contributed by atoms with Gasteiger partial charge in [0.05, 0.1) is 5.56 Å². The molecule has 1 aromatic carbocycles. The van der Waals surface area contributed by atoms with Gasteiger partial charge in [-0.05, 0) is 33.2 Å². The smallest absolute Gasteiger partial charge is 0.258 e. The topological polar surface area (TPSA) is 87.2 Å². The first-order chi connectivity index (χ1) is 11.5. The Labute approximate surface area is 141 Å². The molecule has 2 N–H and O–H groups in total. The van der Waals surface area contributed by atoms with Crippen molar-refractivity contribution in [3.05, 3.63) is 47.8 Å². The Morgan fingerprint density at radius 1 is 1.12 bits per heavy atom. The number of amides is 1. The highest BCUT2D eigenvalue weighted by Crippen LogP contribution is 2.12. The van der Waals surface area contributed by atoms with Gasteiger partial charge in [-0.1, -0.05) is 12.1 Å². The zero-order valence-electron chi connectivity index (χ0n) is 14.0. The van der Waals surface area contributed by atoms with Crippen LogP contribution in [0.2, 0.25) is 0 Å². The number of hydrogen-bond acceptors (Lipinski definition) is 6. The van der Waals surface area contributed by atoms with Crippen LogP contribution in [-0.2, 0) is 0 Å². The molecular weight excluding hydrogens is 306 g/mol. The van der Waals surface area contributed by atoms with Crippen LogP contribution < -0.4 is 10.6 Å². The lowest BCUT2D eigenvalue weighted by Crippen LogP contribution is -2.21. The molecule has 1 amide bonds. The molecule has 1 aromatic heterocycles. The number of Topliss-reactive ketones (excluding diaryl/α,β-unsaturated/α-hetero) is 1. The number of likely N-dealkylation sites (N-methyl/N-ethyl adjacent to an activating group) is 1. The third-order valence-electron chi connectivity index (χ3n) is 3.28. The largest absolute Gasteiger partial charge is 0.353 e. The highest BCUT2D eigenvalue weighted by atomic mass is 16.1. The van der Waals surface area contributed by atoms with Crippen LogP contribution in [0.3, 0.4) is 0 Å². The normalized spacial score (nSPS) is 10.5. The average molecular weight is 327 g/mol. The third kappa shape index (κ3) is 5.13. The molecule has 2 aromatic rings. The highest BCUT2D eigenvalue weighted by Gasteiger charge is 2.09. The molecule has 0 spiro atoms. The van der Waals surface area contributed by atoms with Gasteiger partial charge in [0.2, 0.25) is 5.95 Å². The molecule has 0 fully saturated rings. The standard InChI is InChI=1S/C17H21N5O2/c1-12(23)13-5-4-6-15(9-13)21-16(24)14-10-19-17(20-11-14)18-7-8-22(2)3/h4-6,9-11H,7-8H2,1-3H3,(H,21,24)(H,18,19,20). The molecule has 126 valence electrons. The fraction of sp³-hybridized carbons (Fsp3) is 0.294. The van der Waals surface area contributed by atoms with Crippen molar-refractivity contribution in [3.63, 3.8) is 0 Å². The summed E-state index contributed by atoms with van der Waals surface area (Å²) in [5.74, 6) is 0.102. The van der Waals surface area contributed by atoms with E-state index in [1.807, 2.05) is 19.0 Å². The number of rotatable bonds is 7. The second-order valence-corrected chi connectivity index (χ2v) is 5.62. The Hall–Kier alpha value is -2.80. The van der Waals surface area contributed by atoms with Crippen molar-refractivity contribution >= 4 is 23.3 Å². The van der Waals surface area contributed by atoms with Crippen LogP contribution in [0.5, 0.6) is 0 Å². The summed E-state index contributed by atoms with van der Waals surface area (Å²) in [7, 11) is 3.97. The van der Waals surface area contributed by atoms with E-state index in [0.29, 0.717) is 22.8 Å². The molecule has 0 aliphatic rings. The van der Waals surface area contributed by atoms with Crippen LogP contribution in [-0.4, -0.2) is 53.7 Å². The zero-order chi connectivity index (χ0) is 17.5. The lowest BCUT2D eigenvalue weighted by molar-refractivity contribution is 0.101. The summed E-state index contributed by atoms with van der Waals surface area (Å²) in [6.07, 6.45) is 2.93.